The molecule has 0 aliphatic heterocycles. The largest absolute Gasteiger partial charge is 0.291 e. The number of aromatic amines is 1. The first-order chi connectivity index (χ1) is 8.65. The Labute approximate surface area is 107 Å². The molecule has 0 saturated carbocycles. The van der Waals surface area contributed by atoms with Crippen molar-refractivity contribution in [3.05, 3.63) is 51.8 Å². The molecule has 3 rings (SSSR count). The minimum absolute atomic E-state index is 0.191. The molecule has 3 aromatic rings. The summed E-state index contributed by atoms with van der Waals surface area (Å²) in [6, 6.07) is 3.43. The second-order valence-electron chi connectivity index (χ2n) is 3.98. The fraction of sp³-hybridized carbons (Fsp3) is 0.0833. The summed E-state index contributed by atoms with van der Waals surface area (Å²) in [5, 5.41) is 1.12. The molecule has 90 valence electrons. The Morgan fingerprint density at radius 2 is 2.22 bits per heavy atom. The molecule has 6 heteroatoms. The highest BCUT2D eigenvalue weighted by atomic mass is 35.5. The van der Waals surface area contributed by atoms with E-state index in [0.29, 0.717) is 21.9 Å². The third-order valence-corrected chi connectivity index (χ3v) is 3.13. The molecule has 0 fully saturated rings. The lowest BCUT2D eigenvalue weighted by atomic mass is 10.2. The first-order valence-electron chi connectivity index (χ1n) is 5.33. The monoisotopic (exact) mass is 260 g/mol. The quantitative estimate of drug-likeness (QED) is 0.728. The van der Waals surface area contributed by atoms with Gasteiger partial charge in [-0.05, 0) is 24.6 Å². The van der Waals surface area contributed by atoms with Crippen molar-refractivity contribution >= 4 is 22.5 Å². The van der Waals surface area contributed by atoms with Crippen LogP contribution in [0, 0.1) is 6.92 Å². The van der Waals surface area contributed by atoms with Gasteiger partial charge in [0.25, 0.3) is 5.56 Å². The van der Waals surface area contributed by atoms with Gasteiger partial charge in [-0.15, -0.1) is 0 Å². The molecule has 18 heavy (non-hydrogen) atoms. The van der Waals surface area contributed by atoms with Gasteiger partial charge in [0.2, 0.25) is 5.95 Å². The van der Waals surface area contributed by atoms with Crippen LogP contribution in [0.25, 0.3) is 16.9 Å². The SMILES string of the molecule is Cc1cc2c(=O)[nH]c(-n3ccnc3)nc2cc1Cl. The van der Waals surface area contributed by atoms with Crippen LogP contribution in [0.1, 0.15) is 5.56 Å². The molecule has 1 aromatic carbocycles. The van der Waals surface area contributed by atoms with E-state index in [1.165, 1.54) is 0 Å². The molecule has 2 aromatic heterocycles. The van der Waals surface area contributed by atoms with Crippen molar-refractivity contribution < 1.29 is 0 Å². The summed E-state index contributed by atoms with van der Waals surface area (Å²) in [6.07, 6.45) is 4.89. The highest BCUT2D eigenvalue weighted by Crippen LogP contribution is 2.20. The lowest BCUT2D eigenvalue weighted by Crippen LogP contribution is -2.13. The summed E-state index contributed by atoms with van der Waals surface area (Å²) in [6.45, 7) is 1.85. The van der Waals surface area contributed by atoms with Gasteiger partial charge in [0, 0.05) is 17.4 Å². The number of rotatable bonds is 1. The van der Waals surface area contributed by atoms with Gasteiger partial charge in [0.15, 0.2) is 0 Å². The number of nitrogens with zero attached hydrogens (tertiary/aromatic N) is 3. The maximum atomic E-state index is 12.0. The number of H-pyrrole nitrogens is 1. The summed E-state index contributed by atoms with van der Waals surface area (Å²) >= 11 is 6.05. The molecule has 0 aliphatic rings. The van der Waals surface area contributed by atoms with Gasteiger partial charge in [-0.3, -0.25) is 14.3 Å². The van der Waals surface area contributed by atoms with Gasteiger partial charge in [0.05, 0.1) is 10.9 Å². The molecule has 0 unspecified atom stereocenters. The number of fused-ring (bicyclic) bond motifs is 1. The Balaban J connectivity index is 2.34. The number of nitrogens with one attached hydrogen (secondary N) is 1. The minimum atomic E-state index is -0.191. The van der Waals surface area contributed by atoms with Crippen LogP contribution in [-0.2, 0) is 0 Å². The zero-order valence-electron chi connectivity index (χ0n) is 9.51. The summed E-state index contributed by atoms with van der Waals surface area (Å²) in [5.74, 6) is 0.421. The van der Waals surface area contributed by atoms with Crippen LogP contribution in [0.15, 0.2) is 35.6 Å². The minimum Gasteiger partial charge on any atom is -0.291 e. The van der Waals surface area contributed by atoms with E-state index >= 15 is 0 Å². The van der Waals surface area contributed by atoms with Gasteiger partial charge < -0.3 is 0 Å². The van der Waals surface area contributed by atoms with Crippen LogP contribution >= 0.6 is 11.6 Å². The summed E-state index contributed by atoms with van der Waals surface area (Å²) < 4.78 is 1.63. The smallest absolute Gasteiger partial charge is 0.260 e. The Bertz CT molecular complexity index is 777. The van der Waals surface area contributed by atoms with Gasteiger partial charge in [-0.1, -0.05) is 11.6 Å². The number of hydrogen-bond donors (Lipinski definition) is 1. The second kappa shape index (κ2) is 3.96. The topological polar surface area (TPSA) is 63.6 Å². The van der Waals surface area contributed by atoms with Gasteiger partial charge in [0.1, 0.15) is 6.33 Å². The maximum Gasteiger partial charge on any atom is 0.260 e. The third-order valence-electron chi connectivity index (χ3n) is 2.72. The zero-order valence-corrected chi connectivity index (χ0v) is 10.3. The van der Waals surface area contributed by atoms with E-state index in [1.54, 1.807) is 35.4 Å². The normalized spacial score (nSPS) is 11.0. The predicted molar refractivity (Wildman–Crippen MR) is 69.2 cm³/mol. The highest BCUT2D eigenvalue weighted by molar-refractivity contribution is 6.32. The third kappa shape index (κ3) is 1.69. The molecule has 0 atom stereocenters. The molecule has 0 saturated heterocycles. The Hall–Kier alpha value is -2.14. The number of hydrogen-bond acceptors (Lipinski definition) is 3. The number of aromatic nitrogens is 4. The van der Waals surface area contributed by atoms with E-state index in [1.807, 2.05) is 6.92 Å². The molecule has 0 spiro atoms. The number of imidazole rings is 1. The van der Waals surface area contributed by atoms with Gasteiger partial charge in [-0.2, -0.15) is 0 Å². The van der Waals surface area contributed by atoms with Crippen LogP contribution < -0.4 is 5.56 Å². The van der Waals surface area contributed by atoms with Crippen molar-refractivity contribution in [1.29, 1.82) is 0 Å². The summed E-state index contributed by atoms with van der Waals surface area (Å²) in [5.41, 5.74) is 1.23. The Morgan fingerprint density at radius 3 is 2.94 bits per heavy atom. The van der Waals surface area contributed by atoms with E-state index in [2.05, 4.69) is 15.0 Å². The van der Waals surface area contributed by atoms with Crippen molar-refractivity contribution in [2.45, 2.75) is 6.92 Å². The van der Waals surface area contributed by atoms with Crippen LogP contribution in [0.2, 0.25) is 5.02 Å². The van der Waals surface area contributed by atoms with Gasteiger partial charge in [-0.25, -0.2) is 9.97 Å². The maximum absolute atomic E-state index is 12.0. The zero-order chi connectivity index (χ0) is 12.7. The lowest BCUT2D eigenvalue weighted by molar-refractivity contribution is 0.929. The van der Waals surface area contributed by atoms with Crippen molar-refractivity contribution in [2.75, 3.05) is 0 Å². The predicted octanol–water partition coefficient (Wildman–Crippen LogP) is 2.07. The van der Waals surface area contributed by atoms with E-state index in [9.17, 15) is 4.79 Å². The first-order valence-corrected chi connectivity index (χ1v) is 5.71. The van der Waals surface area contributed by atoms with E-state index in [0.717, 1.165) is 5.56 Å². The Morgan fingerprint density at radius 1 is 1.39 bits per heavy atom. The van der Waals surface area contributed by atoms with Crippen LogP contribution in [0.5, 0.6) is 0 Å². The van der Waals surface area contributed by atoms with Crippen molar-refractivity contribution in [3.63, 3.8) is 0 Å². The summed E-state index contributed by atoms with van der Waals surface area (Å²) in [7, 11) is 0. The molecule has 5 nitrogen and oxygen atoms in total. The molecule has 2 heterocycles. The number of aryl methyl sites for hydroxylation is 1. The van der Waals surface area contributed by atoms with Crippen LogP contribution in [0.4, 0.5) is 0 Å². The molecular formula is C12H9ClN4O. The summed E-state index contributed by atoms with van der Waals surface area (Å²) in [4.78, 5) is 23.0. The van der Waals surface area contributed by atoms with Gasteiger partial charge >= 0.3 is 0 Å². The Kier molecular flexibility index (Phi) is 2.41. The molecule has 0 radical (unpaired) electrons. The number of halogens is 1. The van der Waals surface area contributed by atoms with E-state index in [-0.39, 0.29) is 5.56 Å². The highest BCUT2D eigenvalue weighted by Gasteiger charge is 2.07. The average molecular weight is 261 g/mol. The average Bonchev–Trinajstić information content (AvgIpc) is 2.85. The van der Waals surface area contributed by atoms with Crippen LogP contribution in [-0.4, -0.2) is 19.5 Å². The first kappa shape index (κ1) is 11.0. The fourth-order valence-corrected chi connectivity index (χ4v) is 1.92. The van der Waals surface area contributed by atoms with E-state index < -0.39 is 0 Å². The number of benzene rings is 1. The standard InChI is InChI=1S/C12H9ClN4O/c1-7-4-8-10(5-9(7)13)15-12(16-11(8)18)17-3-2-14-6-17/h2-6H,1H3,(H,15,16,18). The van der Waals surface area contributed by atoms with Crippen LogP contribution in [0.3, 0.4) is 0 Å². The molecular weight excluding hydrogens is 252 g/mol. The van der Waals surface area contributed by atoms with Crippen molar-refractivity contribution in [1.82, 2.24) is 19.5 Å². The molecule has 0 aliphatic carbocycles. The molecule has 0 bridgehead atoms. The van der Waals surface area contributed by atoms with Crippen molar-refractivity contribution in [3.8, 4) is 5.95 Å². The van der Waals surface area contributed by atoms with E-state index in [4.69, 9.17) is 11.6 Å². The molecule has 1 N–H and O–H groups in total. The molecule has 0 amide bonds. The fourth-order valence-electron chi connectivity index (χ4n) is 1.76. The lowest BCUT2D eigenvalue weighted by Gasteiger charge is -2.04. The second-order valence-corrected chi connectivity index (χ2v) is 4.39. The van der Waals surface area contributed by atoms with Crippen molar-refractivity contribution in [2.24, 2.45) is 0 Å².